The standard InChI is InChI=1S/C11H20N2OS/c1-4-10(8-12)11(14)13-9(3)6-7-15-5-2/h9-10H,4-7H2,1-3H3,(H,13,14). The van der Waals surface area contributed by atoms with E-state index in [0.29, 0.717) is 6.42 Å². The number of hydrogen-bond acceptors (Lipinski definition) is 3. The largest absolute Gasteiger partial charge is 0.352 e. The van der Waals surface area contributed by atoms with Crippen LogP contribution in [0.25, 0.3) is 0 Å². The highest BCUT2D eigenvalue weighted by atomic mass is 32.2. The summed E-state index contributed by atoms with van der Waals surface area (Å²) >= 11 is 1.87. The van der Waals surface area contributed by atoms with Gasteiger partial charge in [-0.1, -0.05) is 13.8 Å². The quantitative estimate of drug-likeness (QED) is 0.680. The van der Waals surface area contributed by atoms with Gasteiger partial charge in [0, 0.05) is 6.04 Å². The van der Waals surface area contributed by atoms with Gasteiger partial charge in [-0.3, -0.25) is 4.79 Å². The van der Waals surface area contributed by atoms with Crippen LogP contribution >= 0.6 is 11.8 Å². The van der Waals surface area contributed by atoms with Gasteiger partial charge in [-0.05, 0) is 31.3 Å². The molecular formula is C11H20N2OS. The minimum Gasteiger partial charge on any atom is -0.352 e. The average Bonchev–Trinajstić information content (AvgIpc) is 2.20. The smallest absolute Gasteiger partial charge is 0.237 e. The van der Waals surface area contributed by atoms with Crippen LogP contribution in [-0.2, 0) is 4.79 Å². The molecule has 15 heavy (non-hydrogen) atoms. The summed E-state index contributed by atoms with van der Waals surface area (Å²) in [6, 6.07) is 2.17. The van der Waals surface area contributed by atoms with Crippen LogP contribution in [0.4, 0.5) is 0 Å². The van der Waals surface area contributed by atoms with Crippen molar-refractivity contribution in [1.82, 2.24) is 5.32 Å². The highest BCUT2D eigenvalue weighted by molar-refractivity contribution is 7.99. The van der Waals surface area contributed by atoms with Crippen LogP contribution in [-0.4, -0.2) is 23.5 Å². The summed E-state index contributed by atoms with van der Waals surface area (Å²) in [7, 11) is 0. The Bertz CT molecular complexity index is 225. The van der Waals surface area contributed by atoms with E-state index in [2.05, 4.69) is 12.2 Å². The van der Waals surface area contributed by atoms with Gasteiger partial charge >= 0.3 is 0 Å². The van der Waals surface area contributed by atoms with E-state index in [4.69, 9.17) is 5.26 Å². The third-order valence-electron chi connectivity index (χ3n) is 2.17. The van der Waals surface area contributed by atoms with Crippen molar-refractivity contribution < 1.29 is 4.79 Å². The molecule has 2 atom stereocenters. The Balaban J connectivity index is 3.80. The molecule has 0 aliphatic heterocycles. The predicted molar refractivity (Wildman–Crippen MR) is 64.6 cm³/mol. The lowest BCUT2D eigenvalue weighted by Gasteiger charge is -2.15. The van der Waals surface area contributed by atoms with Crippen molar-refractivity contribution in [2.75, 3.05) is 11.5 Å². The van der Waals surface area contributed by atoms with Gasteiger partial charge < -0.3 is 5.32 Å². The fraction of sp³-hybridized carbons (Fsp3) is 0.818. The lowest BCUT2D eigenvalue weighted by atomic mass is 10.1. The summed E-state index contributed by atoms with van der Waals surface area (Å²) in [4.78, 5) is 11.5. The second kappa shape index (κ2) is 8.60. The number of nitrogens with zero attached hydrogens (tertiary/aromatic N) is 1. The number of carbonyl (C=O) groups excluding carboxylic acids is 1. The van der Waals surface area contributed by atoms with E-state index in [-0.39, 0.29) is 11.9 Å². The van der Waals surface area contributed by atoms with Crippen molar-refractivity contribution >= 4 is 17.7 Å². The first-order valence-corrected chi connectivity index (χ1v) is 6.58. The van der Waals surface area contributed by atoms with Crippen molar-refractivity contribution in [3.05, 3.63) is 0 Å². The van der Waals surface area contributed by atoms with E-state index in [9.17, 15) is 4.79 Å². The maximum Gasteiger partial charge on any atom is 0.237 e. The Morgan fingerprint density at radius 3 is 2.67 bits per heavy atom. The Kier molecular flexibility index (Phi) is 8.21. The third-order valence-corrected chi connectivity index (χ3v) is 3.10. The molecule has 0 saturated carbocycles. The number of hydrogen-bond donors (Lipinski definition) is 1. The number of nitriles is 1. The molecule has 4 heteroatoms. The molecule has 0 aromatic heterocycles. The highest BCUT2D eigenvalue weighted by Crippen LogP contribution is 2.06. The minimum absolute atomic E-state index is 0.131. The first kappa shape index (κ1) is 14.3. The first-order valence-electron chi connectivity index (χ1n) is 5.43. The summed E-state index contributed by atoms with van der Waals surface area (Å²) in [5, 5.41) is 11.6. The molecule has 1 N–H and O–H groups in total. The zero-order valence-electron chi connectivity index (χ0n) is 9.75. The normalized spacial score (nSPS) is 14.0. The molecule has 3 nitrogen and oxygen atoms in total. The van der Waals surface area contributed by atoms with E-state index in [1.54, 1.807) is 0 Å². The van der Waals surface area contributed by atoms with Crippen LogP contribution < -0.4 is 5.32 Å². The Labute approximate surface area is 96.6 Å². The molecule has 0 bridgehead atoms. The van der Waals surface area contributed by atoms with Crippen LogP contribution in [0.3, 0.4) is 0 Å². The number of nitrogens with one attached hydrogen (secondary N) is 1. The fourth-order valence-electron chi connectivity index (χ4n) is 1.16. The SMILES string of the molecule is CCSCCC(C)NC(=O)C(C#N)CC. The topological polar surface area (TPSA) is 52.9 Å². The molecule has 0 heterocycles. The van der Waals surface area contributed by atoms with Gasteiger partial charge in [0.15, 0.2) is 0 Å². The number of carbonyl (C=O) groups is 1. The predicted octanol–water partition coefficient (Wildman–Crippen LogP) is 2.18. The number of thioether (sulfide) groups is 1. The second-order valence-electron chi connectivity index (χ2n) is 3.49. The third kappa shape index (κ3) is 6.40. The Morgan fingerprint density at radius 2 is 2.20 bits per heavy atom. The molecule has 0 saturated heterocycles. The average molecular weight is 228 g/mol. The van der Waals surface area contributed by atoms with Gasteiger partial charge in [-0.15, -0.1) is 0 Å². The maximum atomic E-state index is 11.5. The van der Waals surface area contributed by atoms with Gasteiger partial charge in [-0.25, -0.2) is 0 Å². The van der Waals surface area contributed by atoms with Crippen molar-refractivity contribution in [1.29, 1.82) is 5.26 Å². The summed E-state index contributed by atoms with van der Waals surface area (Å²) in [5.74, 6) is 1.54. The lowest BCUT2D eigenvalue weighted by Crippen LogP contribution is -2.37. The summed E-state index contributed by atoms with van der Waals surface area (Å²) in [6.45, 7) is 5.96. The number of amides is 1. The Morgan fingerprint density at radius 1 is 1.53 bits per heavy atom. The fourth-order valence-corrected chi connectivity index (χ4v) is 1.96. The molecule has 0 fully saturated rings. The zero-order chi connectivity index (χ0) is 11.7. The van der Waals surface area contributed by atoms with E-state index in [1.165, 1.54) is 0 Å². The summed E-state index contributed by atoms with van der Waals surface area (Å²) < 4.78 is 0. The lowest BCUT2D eigenvalue weighted by molar-refractivity contribution is -0.124. The molecule has 0 aliphatic rings. The molecule has 1 amide bonds. The molecular weight excluding hydrogens is 208 g/mol. The molecule has 0 radical (unpaired) electrons. The highest BCUT2D eigenvalue weighted by Gasteiger charge is 2.16. The van der Waals surface area contributed by atoms with Crippen molar-refractivity contribution in [3.63, 3.8) is 0 Å². The monoisotopic (exact) mass is 228 g/mol. The summed E-state index contributed by atoms with van der Waals surface area (Å²) in [6.07, 6.45) is 1.55. The minimum atomic E-state index is -0.494. The molecule has 0 rings (SSSR count). The maximum absolute atomic E-state index is 11.5. The summed E-state index contributed by atoms with van der Waals surface area (Å²) in [5.41, 5.74) is 0. The van der Waals surface area contributed by atoms with Crippen LogP contribution in [0.2, 0.25) is 0 Å². The van der Waals surface area contributed by atoms with Gasteiger partial charge in [0.2, 0.25) is 5.91 Å². The van der Waals surface area contributed by atoms with Crippen molar-refractivity contribution in [2.45, 2.75) is 39.7 Å². The van der Waals surface area contributed by atoms with Gasteiger partial charge in [0.1, 0.15) is 5.92 Å². The molecule has 0 aromatic carbocycles. The van der Waals surface area contributed by atoms with E-state index < -0.39 is 5.92 Å². The number of rotatable bonds is 7. The van der Waals surface area contributed by atoms with Gasteiger partial charge in [0.25, 0.3) is 0 Å². The second-order valence-corrected chi connectivity index (χ2v) is 4.88. The first-order chi connectivity index (χ1) is 7.15. The molecule has 0 aromatic rings. The van der Waals surface area contributed by atoms with Crippen molar-refractivity contribution in [2.24, 2.45) is 5.92 Å². The zero-order valence-corrected chi connectivity index (χ0v) is 10.6. The van der Waals surface area contributed by atoms with Gasteiger partial charge in [0.05, 0.1) is 6.07 Å². The van der Waals surface area contributed by atoms with E-state index >= 15 is 0 Å². The van der Waals surface area contributed by atoms with Crippen LogP contribution in [0, 0.1) is 17.2 Å². The molecule has 2 unspecified atom stereocenters. The molecule has 86 valence electrons. The van der Waals surface area contributed by atoms with Gasteiger partial charge in [-0.2, -0.15) is 17.0 Å². The molecule has 0 spiro atoms. The molecule has 0 aliphatic carbocycles. The van der Waals surface area contributed by atoms with E-state index in [0.717, 1.165) is 17.9 Å². The van der Waals surface area contributed by atoms with Crippen LogP contribution in [0.15, 0.2) is 0 Å². The van der Waals surface area contributed by atoms with Crippen molar-refractivity contribution in [3.8, 4) is 6.07 Å². The van der Waals surface area contributed by atoms with Crippen LogP contribution in [0.5, 0.6) is 0 Å². The van der Waals surface area contributed by atoms with Crippen LogP contribution in [0.1, 0.15) is 33.6 Å². The Hall–Kier alpha value is -0.690. The van der Waals surface area contributed by atoms with E-state index in [1.807, 2.05) is 31.7 Å².